The van der Waals surface area contributed by atoms with E-state index in [4.69, 9.17) is 0 Å². The van der Waals surface area contributed by atoms with Gasteiger partial charge in [-0.15, -0.1) is 0 Å². The number of hydrogen-bond donors (Lipinski definition) is 0. The van der Waals surface area contributed by atoms with Crippen LogP contribution in [0.4, 0.5) is 10.1 Å². The second-order valence-corrected chi connectivity index (χ2v) is 4.10. The van der Waals surface area contributed by atoms with E-state index in [2.05, 4.69) is 4.74 Å². The Morgan fingerprint density at radius 3 is 2.61 bits per heavy atom. The Morgan fingerprint density at radius 2 is 2.17 bits per heavy atom. The number of rotatable bonds is 4. The smallest absolute Gasteiger partial charge is 0.315 e. The van der Waals surface area contributed by atoms with E-state index in [0.717, 1.165) is 12.1 Å². The molecule has 98 valence electrons. The first kappa shape index (κ1) is 14.1. The Morgan fingerprint density at radius 1 is 1.56 bits per heavy atom. The fourth-order valence-electron chi connectivity index (χ4n) is 1.69. The van der Waals surface area contributed by atoms with Gasteiger partial charge in [0.25, 0.3) is 0 Å². The van der Waals surface area contributed by atoms with Crippen molar-refractivity contribution in [1.29, 1.82) is 0 Å². The average Bonchev–Trinajstić information content (AvgIpc) is 2.36. The fraction of sp³-hybridized carbons (Fsp3) is 0.417. The van der Waals surface area contributed by atoms with Crippen molar-refractivity contribution in [3.05, 3.63) is 39.7 Å². The normalized spacial score (nSPS) is 13.8. The molecule has 5 nitrogen and oxygen atoms in total. The first-order valence-electron chi connectivity index (χ1n) is 5.39. The van der Waals surface area contributed by atoms with Crippen molar-refractivity contribution in [3.8, 4) is 0 Å². The van der Waals surface area contributed by atoms with Crippen LogP contribution in [0.2, 0.25) is 0 Å². The Labute approximate surface area is 104 Å². The maximum atomic E-state index is 13.2. The summed E-state index contributed by atoms with van der Waals surface area (Å²) in [6.45, 7) is 3.36. The van der Waals surface area contributed by atoms with E-state index in [0.29, 0.717) is 12.0 Å². The molecule has 0 amide bonds. The predicted molar refractivity (Wildman–Crippen MR) is 62.7 cm³/mol. The molecule has 0 N–H and O–H groups in total. The van der Waals surface area contributed by atoms with E-state index in [1.807, 2.05) is 0 Å². The highest BCUT2D eigenvalue weighted by atomic mass is 19.1. The third-order valence-corrected chi connectivity index (χ3v) is 3.12. The number of ether oxygens (including phenoxy) is 1. The van der Waals surface area contributed by atoms with Crippen LogP contribution >= 0.6 is 0 Å². The summed E-state index contributed by atoms with van der Waals surface area (Å²) in [4.78, 5) is 21.6. The number of halogens is 1. The molecule has 0 spiro atoms. The van der Waals surface area contributed by atoms with Crippen molar-refractivity contribution in [1.82, 2.24) is 0 Å². The maximum Gasteiger partial charge on any atom is 0.315 e. The van der Waals surface area contributed by atoms with Crippen molar-refractivity contribution in [2.45, 2.75) is 25.7 Å². The zero-order valence-electron chi connectivity index (χ0n) is 10.4. The van der Waals surface area contributed by atoms with E-state index in [9.17, 15) is 19.3 Å². The van der Waals surface area contributed by atoms with E-state index in [1.165, 1.54) is 13.2 Å². The first-order chi connectivity index (χ1) is 8.36. The molecule has 0 aliphatic rings. The maximum absolute atomic E-state index is 13.2. The van der Waals surface area contributed by atoms with Gasteiger partial charge in [-0.05, 0) is 25.0 Å². The van der Waals surface area contributed by atoms with Crippen molar-refractivity contribution in [3.63, 3.8) is 0 Å². The molecule has 0 saturated carbocycles. The minimum absolute atomic E-state index is 0.366. The van der Waals surface area contributed by atoms with Crippen LogP contribution in [0, 0.1) is 15.9 Å². The van der Waals surface area contributed by atoms with Gasteiger partial charge in [-0.1, -0.05) is 13.0 Å². The van der Waals surface area contributed by atoms with Gasteiger partial charge in [-0.2, -0.15) is 4.39 Å². The van der Waals surface area contributed by atoms with Crippen LogP contribution in [-0.4, -0.2) is 18.0 Å². The minimum Gasteiger partial charge on any atom is -0.468 e. The van der Waals surface area contributed by atoms with Crippen LogP contribution in [0.15, 0.2) is 18.2 Å². The number of carbonyl (C=O) groups excluding carboxylic acids is 1. The zero-order chi connectivity index (χ0) is 13.9. The molecule has 1 unspecified atom stereocenters. The molecule has 6 heteroatoms. The van der Waals surface area contributed by atoms with Crippen LogP contribution in [0.25, 0.3) is 0 Å². The lowest BCUT2D eigenvalue weighted by Crippen LogP contribution is -2.33. The average molecular weight is 255 g/mol. The Kier molecular flexibility index (Phi) is 4.00. The quantitative estimate of drug-likeness (QED) is 0.471. The molecular weight excluding hydrogens is 241 g/mol. The largest absolute Gasteiger partial charge is 0.468 e. The molecule has 0 bridgehead atoms. The molecule has 0 aromatic heterocycles. The number of nitrogens with zero attached hydrogens (tertiary/aromatic N) is 1. The molecule has 1 aromatic rings. The van der Waals surface area contributed by atoms with Crippen LogP contribution in [0.5, 0.6) is 0 Å². The van der Waals surface area contributed by atoms with Gasteiger partial charge in [0, 0.05) is 6.07 Å². The molecular formula is C12H14FNO4. The molecule has 0 radical (unpaired) electrons. The summed E-state index contributed by atoms with van der Waals surface area (Å²) in [6, 6.07) is 3.43. The Bertz CT molecular complexity index is 489. The van der Waals surface area contributed by atoms with Gasteiger partial charge in [0.15, 0.2) is 0 Å². The predicted octanol–water partition coefficient (Wildman–Crippen LogP) is 2.57. The lowest BCUT2D eigenvalue weighted by molar-refractivity contribution is -0.387. The van der Waals surface area contributed by atoms with Gasteiger partial charge in [0.05, 0.1) is 17.4 Å². The highest BCUT2D eigenvalue weighted by Crippen LogP contribution is 2.32. The number of hydrogen-bond acceptors (Lipinski definition) is 4. The van der Waals surface area contributed by atoms with Gasteiger partial charge in [-0.25, -0.2) is 0 Å². The van der Waals surface area contributed by atoms with Gasteiger partial charge in [-0.3, -0.25) is 14.9 Å². The van der Waals surface area contributed by atoms with E-state index < -0.39 is 27.8 Å². The van der Waals surface area contributed by atoms with E-state index in [1.54, 1.807) is 13.8 Å². The number of methoxy groups -OCH3 is 1. The lowest BCUT2D eigenvalue weighted by Gasteiger charge is -2.25. The first-order valence-corrected chi connectivity index (χ1v) is 5.39. The summed E-state index contributed by atoms with van der Waals surface area (Å²) >= 11 is 0. The van der Waals surface area contributed by atoms with Gasteiger partial charge >= 0.3 is 11.7 Å². The second kappa shape index (κ2) is 5.12. The van der Waals surface area contributed by atoms with Gasteiger partial charge < -0.3 is 4.74 Å². The van der Waals surface area contributed by atoms with Crippen LogP contribution in [0.1, 0.15) is 25.8 Å². The number of benzene rings is 1. The summed E-state index contributed by atoms with van der Waals surface area (Å²) in [5, 5.41) is 10.7. The molecule has 18 heavy (non-hydrogen) atoms. The molecule has 0 aliphatic carbocycles. The zero-order valence-corrected chi connectivity index (χ0v) is 10.4. The minimum atomic E-state index is -1.02. The Balaban J connectivity index is 3.36. The standard InChI is InChI=1S/C12H14FNO4/c1-4-12(2,11(15)18-3)8-5-6-9(13)10(7-8)14(16)17/h5-7H,4H2,1-3H3. The summed E-state index contributed by atoms with van der Waals surface area (Å²) in [7, 11) is 1.24. The van der Waals surface area contributed by atoms with Crippen molar-refractivity contribution >= 4 is 11.7 Å². The highest BCUT2D eigenvalue weighted by Gasteiger charge is 2.36. The summed E-state index contributed by atoms with van der Waals surface area (Å²) in [5.41, 5.74) is -1.30. The number of nitro benzene ring substituents is 1. The number of carbonyl (C=O) groups is 1. The molecule has 1 rings (SSSR count). The van der Waals surface area contributed by atoms with Crippen LogP contribution in [-0.2, 0) is 14.9 Å². The Hall–Kier alpha value is -1.98. The topological polar surface area (TPSA) is 69.4 Å². The third-order valence-electron chi connectivity index (χ3n) is 3.12. The van der Waals surface area contributed by atoms with Crippen LogP contribution < -0.4 is 0 Å². The van der Waals surface area contributed by atoms with Crippen molar-refractivity contribution < 1.29 is 18.8 Å². The molecule has 0 heterocycles. The molecule has 0 aliphatic heterocycles. The molecule has 1 aromatic carbocycles. The van der Waals surface area contributed by atoms with Gasteiger partial charge in [0.1, 0.15) is 0 Å². The lowest BCUT2D eigenvalue weighted by atomic mass is 9.80. The molecule has 0 fully saturated rings. The second-order valence-electron chi connectivity index (χ2n) is 4.10. The number of esters is 1. The number of nitro groups is 1. The molecule has 0 saturated heterocycles. The van der Waals surface area contributed by atoms with Crippen molar-refractivity contribution in [2.24, 2.45) is 0 Å². The van der Waals surface area contributed by atoms with Crippen molar-refractivity contribution in [2.75, 3.05) is 7.11 Å². The highest BCUT2D eigenvalue weighted by molar-refractivity contribution is 5.82. The molecule has 1 atom stereocenters. The fourth-order valence-corrected chi connectivity index (χ4v) is 1.69. The van der Waals surface area contributed by atoms with Crippen LogP contribution in [0.3, 0.4) is 0 Å². The monoisotopic (exact) mass is 255 g/mol. The third kappa shape index (κ3) is 2.32. The van der Waals surface area contributed by atoms with E-state index in [-0.39, 0.29) is 0 Å². The SMILES string of the molecule is CCC(C)(C(=O)OC)c1ccc(F)c([N+](=O)[O-])c1. The van der Waals surface area contributed by atoms with E-state index >= 15 is 0 Å². The van der Waals surface area contributed by atoms with Gasteiger partial charge in [0.2, 0.25) is 5.82 Å². The summed E-state index contributed by atoms with van der Waals surface area (Å²) in [5.74, 6) is -1.43. The summed E-state index contributed by atoms with van der Waals surface area (Å²) in [6.07, 6.45) is 0.391. The summed E-state index contributed by atoms with van der Waals surface area (Å²) < 4.78 is 17.9.